The summed E-state index contributed by atoms with van der Waals surface area (Å²) in [6.07, 6.45) is 0.972. The molecule has 104 valence electrons. The van der Waals surface area contributed by atoms with Crippen LogP contribution in [0.2, 0.25) is 0 Å². The quantitative estimate of drug-likeness (QED) is 0.408. The fourth-order valence-corrected chi connectivity index (χ4v) is 0.794. The van der Waals surface area contributed by atoms with Crippen LogP contribution in [0.3, 0.4) is 0 Å². The van der Waals surface area contributed by atoms with Crippen LogP contribution in [0.1, 0.15) is 20.3 Å². The molecule has 6 heteroatoms. The first kappa shape index (κ1) is 18.7. The van der Waals surface area contributed by atoms with Crippen molar-refractivity contribution in [2.75, 3.05) is 19.9 Å². The first-order valence-electron chi connectivity index (χ1n) is 5.33. The standard InChI is InChI=1S/C7H12.C5H10N2O4/c1-6(2)5-7(3)4;6-1-4(8)10-3-11-5(9)2-7/h1,3,5H2,2,4H3;1-3,6-7H2. The van der Waals surface area contributed by atoms with Gasteiger partial charge < -0.3 is 20.9 Å². The predicted molar refractivity (Wildman–Crippen MR) is 69.4 cm³/mol. The molecule has 0 heterocycles. The molecule has 0 atom stereocenters. The number of hydrogen-bond acceptors (Lipinski definition) is 6. The van der Waals surface area contributed by atoms with Gasteiger partial charge in [0.2, 0.25) is 6.79 Å². The second-order valence-corrected chi connectivity index (χ2v) is 3.65. The van der Waals surface area contributed by atoms with E-state index in [4.69, 9.17) is 11.5 Å². The Bertz CT molecular complexity index is 272. The zero-order valence-corrected chi connectivity index (χ0v) is 11.0. The van der Waals surface area contributed by atoms with Crippen molar-refractivity contribution < 1.29 is 19.1 Å². The number of carbonyl (C=O) groups is 2. The Morgan fingerprint density at radius 2 is 1.28 bits per heavy atom. The summed E-state index contributed by atoms with van der Waals surface area (Å²) in [5.74, 6) is -1.26. The van der Waals surface area contributed by atoms with E-state index >= 15 is 0 Å². The summed E-state index contributed by atoms with van der Waals surface area (Å²) in [5, 5.41) is 0. The number of rotatable bonds is 6. The molecule has 0 aromatic rings. The lowest BCUT2D eigenvalue weighted by atomic mass is 10.1. The Balaban J connectivity index is 0. The van der Waals surface area contributed by atoms with E-state index in [1.54, 1.807) is 0 Å². The van der Waals surface area contributed by atoms with Crippen molar-refractivity contribution in [3.63, 3.8) is 0 Å². The van der Waals surface area contributed by atoms with E-state index in [2.05, 4.69) is 22.6 Å². The van der Waals surface area contributed by atoms with Crippen LogP contribution in [0, 0.1) is 0 Å². The predicted octanol–water partition coefficient (Wildman–Crippen LogP) is 0.476. The minimum atomic E-state index is -0.630. The van der Waals surface area contributed by atoms with Crippen molar-refractivity contribution in [3.8, 4) is 0 Å². The zero-order valence-electron chi connectivity index (χ0n) is 11.0. The van der Waals surface area contributed by atoms with E-state index in [-0.39, 0.29) is 13.1 Å². The minimum absolute atomic E-state index is 0.236. The van der Waals surface area contributed by atoms with Gasteiger partial charge in [-0.1, -0.05) is 24.3 Å². The monoisotopic (exact) mass is 258 g/mol. The van der Waals surface area contributed by atoms with Crippen LogP contribution in [0.4, 0.5) is 0 Å². The molecule has 0 amide bonds. The molecule has 0 rings (SSSR count). The highest BCUT2D eigenvalue weighted by atomic mass is 16.7. The Labute approximate surface area is 108 Å². The van der Waals surface area contributed by atoms with Crippen molar-refractivity contribution in [1.82, 2.24) is 0 Å². The number of hydrogen-bond donors (Lipinski definition) is 2. The highest BCUT2D eigenvalue weighted by Crippen LogP contribution is 2.02. The molecule has 0 bridgehead atoms. The smallest absolute Gasteiger partial charge is 0.322 e. The number of esters is 2. The molecule has 0 aliphatic carbocycles. The zero-order chi connectivity index (χ0) is 14.6. The van der Waals surface area contributed by atoms with Gasteiger partial charge in [0.05, 0.1) is 13.1 Å². The summed E-state index contributed by atoms with van der Waals surface area (Å²) in [4.78, 5) is 20.6. The van der Waals surface area contributed by atoms with E-state index in [0.717, 1.165) is 6.42 Å². The maximum Gasteiger partial charge on any atom is 0.322 e. The molecule has 18 heavy (non-hydrogen) atoms. The van der Waals surface area contributed by atoms with Crippen LogP contribution >= 0.6 is 0 Å². The lowest BCUT2D eigenvalue weighted by molar-refractivity contribution is -0.165. The summed E-state index contributed by atoms with van der Waals surface area (Å²) in [6, 6.07) is 0. The van der Waals surface area contributed by atoms with E-state index < -0.39 is 18.7 Å². The van der Waals surface area contributed by atoms with Gasteiger partial charge >= 0.3 is 11.9 Å². The molecule has 0 aromatic carbocycles. The van der Waals surface area contributed by atoms with Gasteiger partial charge in [0.25, 0.3) is 0 Å². The van der Waals surface area contributed by atoms with E-state index in [9.17, 15) is 9.59 Å². The maximum absolute atomic E-state index is 10.3. The van der Waals surface area contributed by atoms with Crippen LogP contribution in [0.25, 0.3) is 0 Å². The summed E-state index contributed by atoms with van der Waals surface area (Å²) in [7, 11) is 0. The number of carbonyl (C=O) groups excluding carboxylic acids is 2. The second kappa shape index (κ2) is 11.8. The number of ether oxygens (including phenoxy) is 2. The lowest BCUT2D eigenvalue weighted by Crippen LogP contribution is -2.22. The summed E-state index contributed by atoms with van der Waals surface area (Å²) in [5.41, 5.74) is 12.1. The third-order valence-corrected chi connectivity index (χ3v) is 1.38. The van der Waals surface area contributed by atoms with Crippen molar-refractivity contribution in [2.24, 2.45) is 11.5 Å². The van der Waals surface area contributed by atoms with Gasteiger partial charge in [-0.05, 0) is 20.3 Å². The maximum atomic E-state index is 10.3. The fourth-order valence-electron chi connectivity index (χ4n) is 0.794. The SMILES string of the molecule is C=C(C)CC(=C)C.NCC(=O)OCOC(=O)CN. The highest BCUT2D eigenvalue weighted by Gasteiger charge is 2.00. The molecule has 0 radical (unpaired) electrons. The first-order valence-corrected chi connectivity index (χ1v) is 5.33. The number of allylic oxidation sites excluding steroid dienone is 2. The van der Waals surface area contributed by atoms with Crippen molar-refractivity contribution >= 4 is 11.9 Å². The molecule has 0 aliphatic rings. The highest BCUT2D eigenvalue weighted by molar-refractivity contribution is 5.72. The summed E-state index contributed by atoms with van der Waals surface area (Å²) < 4.78 is 8.60. The summed E-state index contributed by atoms with van der Waals surface area (Å²) >= 11 is 0. The van der Waals surface area contributed by atoms with Gasteiger partial charge in [-0.15, -0.1) is 0 Å². The third kappa shape index (κ3) is 16.8. The molecule has 0 aromatic heterocycles. The van der Waals surface area contributed by atoms with Crippen molar-refractivity contribution in [1.29, 1.82) is 0 Å². The molecular weight excluding hydrogens is 236 g/mol. The van der Waals surface area contributed by atoms with Crippen LogP contribution in [0.5, 0.6) is 0 Å². The molecule has 0 spiro atoms. The molecule has 0 saturated heterocycles. The molecule has 0 aliphatic heterocycles. The van der Waals surface area contributed by atoms with Crippen molar-refractivity contribution in [3.05, 3.63) is 24.3 Å². The van der Waals surface area contributed by atoms with E-state index in [1.807, 2.05) is 13.8 Å². The van der Waals surface area contributed by atoms with E-state index in [1.165, 1.54) is 11.1 Å². The average Bonchev–Trinajstić information content (AvgIpc) is 2.27. The van der Waals surface area contributed by atoms with Gasteiger partial charge in [-0.3, -0.25) is 9.59 Å². The lowest BCUT2D eigenvalue weighted by Gasteiger charge is -2.02. The van der Waals surface area contributed by atoms with Gasteiger partial charge in [-0.2, -0.15) is 0 Å². The summed E-state index contributed by atoms with van der Waals surface area (Å²) in [6.45, 7) is 10.6. The first-order chi connectivity index (χ1) is 8.33. The van der Waals surface area contributed by atoms with Crippen LogP contribution in [0.15, 0.2) is 24.3 Å². The van der Waals surface area contributed by atoms with Crippen molar-refractivity contribution in [2.45, 2.75) is 20.3 Å². The molecule has 4 N–H and O–H groups in total. The normalized spacial score (nSPS) is 8.67. The van der Waals surface area contributed by atoms with Crippen LogP contribution in [-0.2, 0) is 19.1 Å². The second-order valence-electron chi connectivity index (χ2n) is 3.65. The Kier molecular flexibility index (Phi) is 12.3. The molecule has 6 nitrogen and oxygen atoms in total. The van der Waals surface area contributed by atoms with Crippen LogP contribution in [-0.4, -0.2) is 31.8 Å². The topological polar surface area (TPSA) is 105 Å². The molecule has 0 fully saturated rings. The van der Waals surface area contributed by atoms with Gasteiger partial charge in [0.1, 0.15) is 0 Å². The Hall–Kier alpha value is -1.66. The van der Waals surface area contributed by atoms with Gasteiger partial charge in [0, 0.05) is 0 Å². The van der Waals surface area contributed by atoms with E-state index in [0.29, 0.717) is 0 Å². The van der Waals surface area contributed by atoms with Gasteiger partial charge in [-0.25, -0.2) is 0 Å². The van der Waals surface area contributed by atoms with Gasteiger partial charge in [0.15, 0.2) is 0 Å². The molecular formula is C12H22N2O4. The average molecular weight is 258 g/mol. The number of nitrogens with two attached hydrogens (primary N) is 2. The Morgan fingerprint density at radius 3 is 1.44 bits per heavy atom. The fraction of sp³-hybridized carbons (Fsp3) is 0.500. The largest absolute Gasteiger partial charge is 0.427 e. The molecule has 0 unspecified atom stereocenters. The molecule has 0 saturated carbocycles. The Morgan fingerprint density at radius 1 is 0.944 bits per heavy atom. The minimum Gasteiger partial charge on any atom is -0.427 e. The van der Waals surface area contributed by atoms with Crippen LogP contribution < -0.4 is 11.5 Å². The third-order valence-electron chi connectivity index (χ3n) is 1.38.